The molecule has 2 fully saturated rings. The predicted molar refractivity (Wildman–Crippen MR) is 61.9 cm³/mol. The maximum atomic E-state index is 11.7. The number of esters is 2. The van der Waals surface area contributed by atoms with Crippen molar-refractivity contribution in [2.24, 2.45) is 17.8 Å². The summed E-state index contributed by atoms with van der Waals surface area (Å²) in [5.74, 6) is -0.297. The van der Waals surface area contributed by atoms with Crippen LogP contribution in [0.5, 0.6) is 0 Å². The predicted octanol–water partition coefficient (Wildman–Crippen LogP) is 2.38. The average Bonchev–Trinajstić information content (AvgIpc) is 2.68. The van der Waals surface area contributed by atoms with E-state index in [0.717, 1.165) is 12.8 Å². The fourth-order valence-electron chi connectivity index (χ4n) is 3.35. The van der Waals surface area contributed by atoms with Crippen LogP contribution in [-0.2, 0) is 14.3 Å². The van der Waals surface area contributed by atoms with Crippen molar-refractivity contribution in [1.82, 2.24) is 0 Å². The maximum absolute atomic E-state index is 11.7. The molecule has 0 aromatic rings. The topological polar surface area (TPSA) is 43.4 Å². The van der Waals surface area contributed by atoms with Crippen LogP contribution in [0.25, 0.3) is 0 Å². The number of fused-ring (bicyclic) bond motifs is 1. The number of hydrogen-bond acceptors (Lipinski definition) is 3. The quantitative estimate of drug-likeness (QED) is 0.515. The minimum atomic E-state index is -0.361. The van der Waals surface area contributed by atoms with E-state index in [1.165, 1.54) is 18.4 Å². The Morgan fingerprint density at radius 2 is 2.06 bits per heavy atom. The summed E-state index contributed by atoms with van der Waals surface area (Å²) in [5.41, 5.74) is 1.45. The molecule has 2 aliphatic carbocycles. The first-order valence-electron chi connectivity index (χ1n) is 6.37. The number of cyclic esters (lactones) is 2. The van der Waals surface area contributed by atoms with Crippen molar-refractivity contribution in [2.75, 3.05) is 0 Å². The van der Waals surface area contributed by atoms with Gasteiger partial charge < -0.3 is 4.74 Å². The van der Waals surface area contributed by atoms with Gasteiger partial charge >= 0.3 is 11.9 Å². The van der Waals surface area contributed by atoms with E-state index in [-0.39, 0.29) is 30.2 Å². The Bertz CT molecular complexity index is 419. The normalized spacial score (nSPS) is 36.5. The molecule has 1 aliphatic heterocycles. The first-order valence-corrected chi connectivity index (χ1v) is 6.37. The Hall–Kier alpha value is -1.38. The molecular weight excluding hydrogens is 216 g/mol. The van der Waals surface area contributed by atoms with Crippen molar-refractivity contribution >= 4 is 11.9 Å². The van der Waals surface area contributed by atoms with Crippen LogP contribution in [0.1, 0.15) is 32.1 Å². The number of ether oxygens (including phenoxy) is 1. The molecule has 17 heavy (non-hydrogen) atoms. The molecule has 3 heteroatoms. The zero-order valence-corrected chi connectivity index (χ0v) is 9.72. The average molecular weight is 232 g/mol. The van der Waals surface area contributed by atoms with E-state index in [0.29, 0.717) is 5.92 Å². The zero-order chi connectivity index (χ0) is 11.8. The van der Waals surface area contributed by atoms with Crippen molar-refractivity contribution in [3.63, 3.8) is 0 Å². The van der Waals surface area contributed by atoms with Crippen molar-refractivity contribution in [2.45, 2.75) is 32.1 Å². The van der Waals surface area contributed by atoms with Crippen LogP contribution < -0.4 is 0 Å². The summed E-state index contributed by atoms with van der Waals surface area (Å²) in [6, 6.07) is 0. The van der Waals surface area contributed by atoms with Gasteiger partial charge in [-0.1, -0.05) is 30.2 Å². The number of hydrogen-bond donors (Lipinski definition) is 0. The van der Waals surface area contributed by atoms with Crippen LogP contribution in [0.3, 0.4) is 0 Å². The number of carbonyl (C=O) groups is 2. The lowest BCUT2D eigenvalue weighted by atomic mass is 9.69. The summed E-state index contributed by atoms with van der Waals surface area (Å²) in [5, 5.41) is 0. The lowest BCUT2D eigenvalue weighted by Crippen LogP contribution is -2.29. The van der Waals surface area contributed by atoms with Gasteiger partial charge in [-0.2, -0.15) is 0 Å². The van der Waals surface area contributed by atoms with Crippen molar-refractivity contribution in [3.05, 3.63) is 23.8 Å². The van der Waals surface area contributed by atoms with Crippen molar-refractivity contribution in [3.8, 4) is 0 Å². The Morgan fingerprint density at radius 1 is 1.18 bits per heavy atom. The summed E-state index contributed by atoms with van der Waals surface area (Å²) in [6.07, 6.45) is 11.3. The summed E-state index contributed by atoms with van der Waals surface area (Å²) in [7, 11) is 0. The molecule has 3 nitrogen and oxygen atoms in total. The van der Waals surface area contributed by atoms with Gasteiger partial charge in [-0.25, -0.2) is 0 Å². The summed E-state index contributed by atoms with van der Waals surface area (Å²) in [4.78, 5) is 22.8. The molecule has 0 radical (unpaired) electrons. The van der Waals surface area contributed by atoms with E-state index in [4.69, 9.17) is 0 Å². The molecule has 1 heterocycles. The van der Waals surface area contributed by atoms with Crippen LogP contribution in [0.4, 0.5) is 0 Å². The lowest BCUT2D eigenvalue weighted by Gasteiger charge is -2.34. The zero-order valence-electron chi connectivity index (χ0n) is 9.72. The lowest BCUT2D eigenvalue weighted by molar-refractivity contribution is -0.153. The van der Waals surface area contributed by atoms with E-state index in [1.807, 2.05) is 6.08 Å². The highest BCUT2D eigenvalue weighted by atomic mass is 16.6. The Kier molecular flexibility index (Phi) is 2.61. The third-order valence-electron chi connectivity index (χ3n) is 4.18. The molecule has 1 saturated carbocycles. The van der Waals surface area contributed by atoms with Gasteiger partial charge in [0.1, 0.15) is 0 Å². The monoisotopic (exact) mass is 232 g/mol. The van der Waals surface area contributed by atoms with Gasteiger partial charge in [0.05, 0.1) is 12.3 Å². The third-order valence-corrected chi connectivity index (χ3v) is 4.18. The van der Waals surface area contributed by atoms with Crippen molar-refractivity contribution in [1.29, 1.82) is 0 Å². The van der Waals surface area contributed by atoms with Gasteiger partial charge in [0.2, 0.25) is 0 Å². The Balaban J connectivity index is 1.84. The number of carbonyl (C=O) groups excluding carboxylic acids is 2. The van der Waals surface area contributed by atoms with E-state index >= 15 is 0 Å². The number of rotatable bonds is 1. The van der Waals surface area contributed by atoms with Gasteiger partial charge in [-0.3, -0.25) is 9.59 Å². The second-order valence-electron chi connectivity index (χ2n) is 5.16. The van der Waals surface area contributed by atoms with Crippen LogP contribution in [0, 0.1) is 17.8 Å². The molecule has 90 valence electrons. The standard InChI is InChI=1S/C14H16O3/c15-13-8-12(14(16)17-13)11-7-3-5-9-4-1-2-6-10(9)11/h3,5,7,10-12H,1-2,4,6,8H2. The van der Waals surface area contributed by atoms with E-state index in [9.17, 15) is 9.59 Å². The van der Waals surface area contributed by atoms with Gasteiger partial charge in [-0.15, -0.1) is 0 Å². The smallest absolute Gasteiger partial charge is 0.317 e. The molecule has 0 N–H and O–H groups in total. The van der Waals surface area contributed by atoms with Crippen LogP contribution in [0.15, 0.2) is 23.8 Å². The third kappa shape index (κ3) is 1.84. The Labute approximate surface area is 101 Å². The van der Waals surface area contributed by atoms with Crippen LogP contribution in [0.2, 0.25) is 0 Å². The van der Waals surface area contributed by atoms with Gasteiger partial charge in [0.25, 0.3) is 0 Å². The number of allylic oxidation sites excluding steroid dienone is 4. The summed E-state index contributed by atoms with van der Waals surface area (Å²) in [6.45, 7) is 0. The second-order valence-corrected chi connectivity index (χ2v) is 5.16. The molecule has 3 atom stereocenters. The second kappa shape index (κ2) is 4.13. The molecule has 0 bridgehead atoms. The molecule has 3 unspecified atom stereocenters. The molecule has 0 spiro atoms. The van der Waals surface area contributed by atoms with E-state index in [1.54, 1.807) is 0 Å². The SMILES string of the molecule is O=C1CC(C2C=CC=C3CCCCC32)C(=O)O1. The first kappa shape index (κ1) is 10.8. The van der Waals surface area contributed by atoms with Crippen LogP contribution in [-0.4, -0.2) is 11.9 Å². The van der Waals surface area contributed by atoms with E-state index < -0.39 is 0 Å². The molecule has 3 aliphatic rings. The fourth-order valence-corrected chi connectivity index (χ4v) is 3.35. The molecule has 0 amide bonds. The van der Waals surface area contributed by atoms with Gasteiger partial charge in [0.15, 0.2) is 0 Å². The molecule has 3 rings (SSSR count). The maximum Gasteiger partial charge on any atom is 0.317 e. The highest BCUT2D eigenvalue weighted by Gasteiger charge is 2.43. The summed E-state index contributed by atoms with van der Waals surface area (Å²) >= 11 is 0. The van der Waals surface area contributed by atoms with Crippen LogP contribution >= 0.6 is 0 Å². The Morgan fingerprint density at radius 3 is 2.82 bits per heavy atom. The minimum absolute atomic E-state index is 0.175. The van der Waals surface area contributed by atoms with E-state index in [2.05, 4.69) is 16.9 Å². The van der Waals surface area contributed by atoms with Gasteiger partial charge in [0, 0.05) is 0 Å². The van der Waals surface area contributed by atoms with Crippen molar-refractivity contribution < 1.29 is 14.3 Å². The highest BCUT2D eigenvalue weighted by Crippen LogP contribution is 2.43. The minimum Gasteiger partial charge on any atom is -0.393 e. The largest absolute Gasteiger partial charge is 0.393 e. The van der Waals surface area contributed by atoms with Gasteiger partial charge in [-0.05, 0) is 31.1 Å². The highest BCUT2D eigenvalue weighted by molar-refractivity contribution is 5.95. The fraction of sp³-hybridized carbons (Fsp3) is 0.571. The molecular formula is C14H16O3. The molecule has 0 aromatic heterocycles. The molecule has 0 aromatic carbocycles. The molecule has 1 saturated heterocycles. The first-order chi connectivity index (χ1) is 8.25. The summed E-state index contributed by atoms with van der Waals surface area (Å²) < 4.78 is 4.68.